The summed E-state index contributed by atoms with van der Waals surface area (Å²) in [6.45, 7) is 0.231. The number of hydrogen-bond acceptors (Lipinski definition) is 6. The number of benzene rings is 1. The highest BCUT2D eigenvalue weighted by atomic mass is 32.2. The van der Waals surface area contributed by atoms with Gasteiger partial charge in [0.2, 0.25) is 0 Å². The molecular formula is C18H23N3O5S. The zero-order valence-electron chi connectivity index (χ0n) is 14.9. The zero-order valence-corrected chi connectivity index (χ0v) is 15.8. The van der Waals surface area contributed by atoms with E-state index in [0.717, 1.165) is 32.1 Å². The first-order valence-corrected chi connectivity index (χ1v) is 10.5. The van der Waals surface area contributed by atoms with Gasteiger partial charge in [0, 0.05) is 18.7 Å². The molecule has 1 saturated carbocycles. The van der Waals surface area contributed by atoms with Crippen molar-refractivity contribution in [2.75, 3.05) is 18.5 Å². The van der Waals surface area contributed by atoms with Gasteiger partial charge in [0.1, 0.15) is 5.84 Å². The molecule has 1 aliphatic carbocycles. The van der Waals surface area contributed by atoms with E-state index in [2.05, 4.69) is 15.0 Å². The molecule has 1 fully saturated rings. The van der Waals surface area contributed by atoms with Crippen molar-refractivity contribution in [2.24, 2.45) is 10.9 Å². The van der Waals surface area contributed by atoms with Crippen LogP contribution in [0.15, 0.2) is 34.2 Å². The Labute approximate surface area is 158 Å². The van der Waals surface area contributed by atoms with Crippen LogP contribution >= 0.6 is 0 Å². The number of ether oxygens (including phenoxy) is 1. The Balaban J connectivity index is 1.56. The quantitative estimate of drug-likeness (QED) is 0.716. The van der Waals surface area contributed by atoms with Crippen molar-refractivity contribution < 1.29 is 22.7 Å². The zero-order chi connectivity index (χ0) is 19.3. The Morgan fingerprint density at radius 1 is 1.19 bits per heavy atom. The Morgan fingerprint density at radius 2 is 1.96 bits per heavy atom. The Kier molecular flexibility index (Phi) is 6.10. The molecule has 0 bridgehead atoms. The number of aliphatic imine (C=N–C) groups is 1. The molecule has 1 aromatic carbocycles. The largest absolute Gasteiger partial charge is 0.455 e. The van der Waals surface area contributed by atoms with Crippen molar-refractivity contribution in [2.45, 2.75) is 43.4 Å². The van der Waals surface area contributed by atoms with Gasteiger partial charge in [-0.2, -0.15) is 0 Å². The van der Waals surface area contributed by atoms with E-state index < -0.39 is 15.9 Å². The van der Waals surface area contributed by atoms with Crippen LogP contribution in [0.2, 0.25) is 0 Å². The summed E-state index contributed by atoms with van der Waals surface area (Å²) in [6, 6.07) is 5.90. The third-order valence-electron chi connectivity index (χ3n) is 4.59. The number of nitrogens with zero attached hydrogens (tertiary/aromatic N) is 1. The van der Waals surface area contributed by atoms with E-state index in [1.165, 1.54) is 18.2 Å². The third-order valence-corrected chi connectivity index (χ3v) is 5.97. The van der Waals surface area contributed by atoms with E-state index in [0.29, 0.717) is 24.5 Å². The average Bonchev–Trinajstić information content (AvgIpc) is 3.33. The van der Waals surface area contributed by atoms with Crippen LogP contribution in [-0.4, -0.2) is 39.3 Å². The molecular weight excluding hydrogens is 370 g/mol. The molecule has 0 spiro atoms. The van der Waals surface area contributed by atoms with Gasteiger partial charge in [-0.1, -0.05) is 18.9 Å². The van der Waals surface area contributed by atoms with Gasteiger partial charge >= 0.3 is 5.97 Å². The molecule has 0 atom stereocenters. The Hall–Kier alpha value is -2.42. The number of carbonyl (C=O) groups excluding carboxylic acids is 2. The van der Waals surface area contributed by atoms with Gasteiger partial charge in [0.05, 0.1) is 10.8 Å². The lowest BCUT2D eigenvalue weighted by molar-refractivity contribution is -0.151. The minimum atomic E-state index is -3.76. The van der Waals surface area contributed by atoms with Gasteiger partial charge in [-0.15, -0.1) is 0 Å². The molecule has 3 rings (SSSR count). The summed E-state index contributed by atoms with van der Waals surface area (Å²) >= 11 is 0. The third kappa shape index (κ3) is 5.29. The molecule has 27 heavy (non-hydrogen) atoms. The van der Waals surface area contributed by atoms with Crippen LogP contribution in [-0.2, 0) is 24.3 Å². The number of carbonyl (C=O) groups is 2. The number of amides is 1. The molecule has 0 unspecified atom stereocenters. The Morgan fingerprint density at radius 3 is 2.67 bits per heavy atom. The maximum Gasteiger partial charge on any atom is 0.309 e. The van der Waals surface area contributed by atoms with E-state index in [-0.39, 0.29) is 23.4 Å². The molecule has 1 aromatic rings. The fourth-order valence-corrected chi connectivity index (χ4v) is 4.33. The summed E-state index contributed by atoms with van der Waals surface area (Å²) in [4.78, 5) is 28.0. The molecule has 146 valence electrons. The molecule has 2 aliphatic rings. The SMILES string of the molecule is O=C(COC(=O)C1CCCC1)Nc1cccc(S(=O)(=O)NC2=NCCC2)c1. The summed E-state index contributed by atoms with van der Waals surface area (Å²) in [7, 11) is -3.76. The molecule has 0 aromatic heterocycles. The smallest absolute Gasteiger partial charge is 0.309 e. The molecule has 0 radical (unpaired) electrons. The summed E-state index contributed by atoms with van der Waals surface area (Å²) in [6.07, 6.45) is 5.05. The highest BCUT2D eigenvalue weighted by molar-refractivity contribution is 7.90. The summed E-state index contributed by atoms with van der Waals surface area (Å²) in [5.41, 5.74) is 0.313. The second-order valence-corrected chi connectivity index (χ2v) is 8.38. The monoisotopic (exact) mass is 393 g/mol. The number of rotatable bonds is 6. The number of hydrogen-bond donors (Lipinski definition) is 2. The number of esters is 1. The first-order chi connectivity index (χ1) is 12.9. The molecule has 8 nitrogen and oxygen atoms in total. The van der Waals surface area contributed by atoms with Crippen LogP contribution in [0, 0.1) is 5.92 Å². The number of sulfonamides is 1. The van der Waals surface area contributed by atoms with Crippen molar-refractivity contribution in [3.05, 3.63) is 24.3 Å². The van der Waals surface area contributed by atoms with E-state index in [1.807, 2.05) is 0 Å². The lowest BCUT2D eigenvalue weighted by atomic mass is 10.1. The summed E-state index contributed by atoms with van der Waals surface area (Å²) in [5.74, 6) is -0.524. The van der Waals surface area contributed by atoms with E-state index >= 15 is 0 Å². The number of anilines is 1. The van der Waals surface area contributed by atoms with Gasteiger partial charge in [-0.05, 0) is 37.5 Å². The highest BCUT2D eigenvalue weighted by Gasteiger charge is 2.24. The Bertz CT molecular complexity index is 844. The van der Waals surface area contributed by atoms with Gasteiger partial charge in [0.15, 0.2) is 6.61 Å². The highest BCUT2D eigenvalue weighted by Crippen LogP contribution is 2.25. The maximum absolute atomic E-state index is 12.4. The number of nitrogens with one attached hydrogen (secondary N) is 2. The second kappa shape index (κ2) is 8.51. The minimum absolute atomic E-state index is 0.0258. The summed E-state index contributed by atoms with van der Waals surface area (Å²) < 4.78 is 32.3. The van der Waals surface area contributed by atoms with Crippen molar-refractivity contribution >= 4 is 33.4 Å². The second-order valence-electron chi connectivity index (χ2n) is 6.70. The molecule has 1 aliphatic heterocycles. The standard InChI is InChI=1S/C18H23N3O5S/c22-17(12-26-18(23)13-5-1-2-6-13)20-14-7-3-8-15(11-14)27(24,25)21-16-9-4-10-19-16/h3,7-8,11,13H,1-2,4-6,9-10,12H2,(H,19,21)(H,20,22). The van der Waals surface area contributed by atoms with Gasteiger partial charge < -0.3 is 10.1 Å². The molecule has 2 N–H and O–H groups in total. The van der Waals surface area contributed by atoms with Crippen molar-refractivity contribution in [3.8, 4) is 0 Å². The molecule has 1 amide bonds. The first kappa shape index (κ1) is 19.3. The van der Waals surface area contributed by atoms with Gasteiger partial charge in [-0.3, -0.25) is 19.3 Å². The minimum Gasteiger partial charge on any atom is -0.455 e. The fourth-order valence-electron chi connectivity index (χ4n) is 3.19. The molecule has 0 saturated heterocycles. The lowest BCUT2D eigenvalue weighted by Gasteiger charge is -2.11. The fraction of sp³-hybridized carbons (Fsp3) is 0.500. The average molecular weight is 393 g/mol. The van der Waals surface area contributed by atoms with Crippen molar-refractivity contribution in [1.29, 1.82) is 0 Å². The van der Waals surface area contributed by atoms with Crippen molar-refractivity contribution in [3.63, 3.8) is 0 Å². The van der Waals surface area contributed by atoms with Crippen LogP contribution in [0.3, 0.4) is 0 Å². The molecule has 9 heteroatoms. The van der Waals surface area contributed by atoms with E-state index in [4.69, 9.17) is 4.74 Å². The van der Waals surface area contributed by atoms with Gasteiger partial charge in [-0.25, -0.2) is 8.42 Å². The first-order valence-electron chi connectivity index (χ1n) is 9.07. The van der Waals surface area contributed by atoms with Crippen LogP contribution in [0.1, 0.15) is 38.5 Å². The lowest BCUT2D eigenvalue weighted by Crippen LogP contribution is -2.29. The normalized spacial score (nSPS) is 17.4. The topological polar surface area (TPSA) is 114 Å². The van der Waals surface area contributed by atoms with E-state index in [1.54, 1.807) is 6.07 Å². The van der Waals surface area contributed by atoms with Crippen LogP contribution in [0.4, 0.5) is 5.69 Å². The van der Waals surface area contributed by atoms with Crippen LogP contribution in [0.5, 0.6) is 0 Å². The van der Waals surface area contributed by atoms with Crippen LogP contribution in [0.25, 0.3) is 0 Å². The molecule has 1 heterocycles. The predicted molar refractivity (Wildman–Crippen MR) is 99.8 cm³/mol. The van der Waals surface area contributed by atoms with Crippen LogP contribution < -0.4 is 10.0 Å². The van der Waals surface area contributed by atoms with Gasteiger partial charge in [0.25, 0.3) is 15.9 Å². The summed E-state index contributed by atoms with van der Waals surface area (Å²) in [5, 5.41) is 2.56. The van der Waals surface area contributed by atoms with E-state index in [9.17, 15) is 18.0 Å². The maximum atomic E-state index is 12.4. The predicted octanol–water partition coefficient (Wildman–Crippen LogP) is 1.83. The number of amidine groups is 1. The van der Waals surface area contributed by atoms with Crippen molar-refractivity contribution in [1.82, 2.24) is 4.72 Å².